The van der Waals surface area contributed by atoms with E-state index in [4.69, 9.17) is 21.1 Å². The topological polar surface area (TPSA) is 115 Å². The van der Waals surface area contributed by atoms with Crippen molar-refractivity contribution in [3.05, 3.63) is 59.4 Å². The lowest BCUT2D eigenvalue weighted by molar-refractivity contribution is 0.159. The first kappa shape index (κ1) is 23.3. The number of nitrogens with zero attached hydrogens (tertiary/aromatic N) is 3. The molecule has 32 heavy (non-hydrogen) atoms. The minimum absolute atomic E-state index is 0.191. The van der Waals surface area contributed by atoms with Crippen molar-refractivity contribution in [2.24, 2.45) is 0 Å². The largest absolute Gasteiger partial charge is 0.496 e. The first-order valence-corrected chi connectivity index (χ1v) is 11.9. The third-order valence-electron chi connectivity index (χ3n) is 4.04. The maximum absolute atomic E-state index is 12.7. The normalized spacial score (nSPS) is 12.4. The van der Waals surface area contributed by atoms with Gasteiger partial charge in [0.2, 0.25) is 5.95 Å². The van der Waals surface area contributed by atoms with Gasteiger partial charge >= 0.3 is 6.09 Å². The molecular weight excluding hydrogens is 454 g/mol. The monoisotopic (exact) mass is 475 g/mol. The fraction of sp³-hybridized carbons (Fsp3) is 0.190. The summed E-state index contributed by atoms with van der Waals surface area (Å²) in [6.07, 6.45) is 2.07. The van der Waals surface area contributed by atoms with Crippen molar-refractivity contribution in [3.8, 4) is 17.1 Å². The SMILES string of the molecule is CCOC(=O)NS(C)(=O)=Cc1cccc(Nc2ncnc(-c3ccc(Cl)cc3OC)n2)c1. The van der Waals surface area contributed by atoms with Crippen LogP contribution in [0.5, 0.6) is 5.75 Å². The van der Waals surface area contributed by atoms with Gasteiger partial charge < -0.3 is 14.8 Å². The highest BCUT2D eigenvalue weighted by Gasteiger charge is 2.11. The molecule has 0 aliphatic heterocycles. The Labute approximate surface area is 191 Å². The summed E-state index contributed by atoms with van der Waals surface area (Å²) < 4.78 is 25.2. The van der Waals surface area contributed by atoms with Gasteiger partial charge in [-0.25, -0.2) is 23.7 Å². The molecule has 2 N–H and O–H groups in total. The summed E-state index contributed by atoms with van der Waals surface area (Å²) >= 11 is 6.03. The summed E-state index contributed by atoms with van der Waals surface area (Å²) in [5.74, 6) is 1.26. The standard InChI is InChI=1S/C21H22ClN5O4S/c1-4-31-21(28)27-32(3,29)12-14-6-5-7-16(10-14)25-20-24-13-23-19(26-20)17-9-8-15(22)11-18(17)30-2/h5-13H,4H2,1-3H3,(H,27,28,29)(H,23,24,25,26). The van der Waals surface area contributed by atoms with Crippen LogP contribution in [0.25, 0.3) is 11.4 Å². The lowest BCUT2D eigenvalue weighted by Crippen LogP contribution is -2.31. The number of carbonyl (C=O) groups is 1. The molecule has 3 aromatic rings. The Bertz CT molecular complexity index is 1240. The molecule has 1 amide bonds. The first-order chi connectivity index (χ1) is 15.3. The Morgan fingerprint density at radius 3 is 2.78 bits per heavy atom. The van der Waals surface area contributed by atoms with Crippen LogP contribution < -0.4 is 14.8 Å². The number of ether oxygens (including phenoxy) is 2. The lowest BCUT2D eigenvalue weighted by Gasteiger charge is -2.10. The molecule has 0 radical (unpaired) electrons. The van der Waals surface area contributed by atoms with Gasteiger partial charge in [-0.3, -0.25) is 0 Å². The summed E-state index contributed by atoms with van der Waals surface area (Å²) in [4.78, 5) is 24.4. The number of amides is 1. The van der Waals surface area contributed by atoms with Gasteiger partial charge in [0, 0.05) is 22.3 Å². The van der Waals surface area contributed by atoms with Gasteiger partial charge in [-0.2, -0.15) is 4.98 Å². The fourth-order valence-corrected chi connectivity index (χ4v) is 4.05. The Hall–Kier alpha value is -3.37. The van der Waals surface area contributed by atoms with Gasteiger partial charge in [0.05, 0.1) is 29.0 Å². The molecular formula is C21H22ClN5O4S. The molecule has 1 aromatic heterocycles. The molecule has 0 spiro atoms. The number of anilines is 2. The van der Waals surface area contributed by atoms with E-state index in [2.05, 4.69) is 25.0 Å². The molecule has 1 unspecified atom stereocenters. The number of aromatic nitrogens is 3. The Morgan fingerprint density at radius 2 is 2.03 bits per heavy atom. The van der Waals surface area contributed by atoms with E-state index in [0.29, 0.717) is 39.4 Å². The predicted octanol–water partition coefficient (Wildman–Crippen LogP) is 3.67. The van der Waals surface area contributed by atoms with Crippen LogP contribution in [0.1, 0.15) is 12.5 Å². The second kappa shape index (κ2) is 10.3. The van der Waals surface area contributed by atoms with E-state index in [1.165, 1.54) is 18.0 Å². The molecule has 0 aliphatic carbocycles. The number of hydrogen-bond acceptors (Lipinski definition) is 8. The number of benzene rings is 2. The van der Waals surface area contributed by atoms with E-state index in [9.17, 15) is 9.00 Å². The molecule has 11 heteroatoms. The zero-order chi connectivity index (χ0) is 23.1. The fourth-order valence-electron chi connectivity index (χ4n) is 2.77. The second-order valence-corrected chi connectivity index (χ2v) is 9.26. The number of methoxy groups -OCH3 is 1. The summed E-state index contributed by atoms with van der Waals surface area (Å²) in [5, 5.41) is 5.10. The van der Waals surface area contributed by atoms with E-state index in [1.54, 1.807) is 56.5 Å². The van der Waals surface area contributed by atoms with E-state index in [-0.39, 0.29) is 6.61 Å². The van der Waals surface area contributed by atoms with Crippen molar-refractivity contribution in [2.75, 3.05) is 25.3 Å². The van der Waals surface area contributed by atoms with Crippen molar-refractivity contribution in [1.29, 1.82) is 0 Å². The van der Waals surface area contributed by atoms with Gasteiger partial charge in [0.15, 0.2) is 5.82 Å². The van der Waals surface area contributed by atoms with Crippen LogP contribution >= 0.6 is 11.6 Å². The molecule has 168 valence electrons. The molecule has 3 rings (SSSR count). The zero-order valence-electron chi connectivity index (χ0n) is 17.7. The van der Waals surface area contributed by atoms with Crippen LogP contribution in [0.3, 0.4) is 0 Å². The quantitative estimate of drug-likeness (QED) is 0.497. The van der Waals surface area contributed by atoms with Crippen LogP contribution in [0.2, 0.25) is 5.02 Å². The highest BCUT2D eigenvalue weighted by atomic mass is 35.5. The third kappa shape index (κ3) is 6.32. The van der Waals surface area contributed by atoms with Gasteiger partial charge in [0.1, 0.15) is 12.1 Å². The molecule has 0 aliphatic rings. The molecule has 2 aromatic carbocycles. The molecule has 0 bridgehead atoms. The van der Waals surface area contributed by atoms with Crippen molar-refractivity contribution in [3.63, 3.8) is 0 Å². The van der Waals surface area contributed by atoms with Gasteiger partial charge in [-0.15, -0.1) is 0 Å². The third-order valence-corrected chi connectivity index (χ3v) is 5.57. The van der Waals surface area contributed by atoms with E-state index >= 15 is 0 Å². The van der Waals surface area contributed by atoms with Crippen LogP contribution in [0, 0.1) is 0 Å². The van der Waals surface area contributed by atoms with Gasteiger partial charge in [-0.1, -0.05) is 23.7 Å². The van der Waals surface area contributed by atoms with Crippen LogP contribution in [0.4, 0.5) is 16.4 Å². The predicted molar refractivity (Wildman–Crippen MR) is 126 cm³/mol. The maximum atomic E-state index is 12.7. The maximum Gasteiger partial charge on any atom is 0.418 e. The number of halogens is 1. The van der Waals surface area contributed by atoms with Crippen LogP contribution in [0.15, 0.2) is 48.8 Å². The smallest absolute Gasteiger partial charge is 0.418 e. The average molecular weight is 476 g/mol. The Morgan fingerprint density at radius 1 is 1.22 bits per heavy atom. The molecule has 0 fully saturated rings. The number of nitrogens with one attached hydrogen (secondary N) is 2. The Balaban J connectivity index is 1.84. The number of carbonyl (C=O) groups excluding carboxylic acids is 1. The molecule has 1 atom stereocenters. The highest BCUT2D eigenvalue weighted by molar-refractivity contribution is 7.99. The lowest BCUT2D eigenvalue weighted by atomic mass is 10.2. The summed E-state index contributed by atoms with van der Waals surface area (Å²) in [6.45, 7) is 1.86. The number of hydrogen-bond donors (Lipinski definition) is 2. The van der Waals surface area contributed by atoms with Gasteiger partial charge in [0.25, 0.3) is 0 Å². The van der Waals surface area contributed by atoms with Crippen molar-refractivity contribution >= 4 is 44.4 Å². The van der Waals surface area contributed by atoms with Crippen molar-refractivity contribution in [1.82, 2.24) is 19.7 Å². The molecule has 0 saturated heterocycles. The average Bonchev–Trinajstić information content (AvgIpc) is 2.73. The van der Waals surface area contributed by atoms with E-state index < -0.39 is 15.8 Å². The van der Waals surface area contributed by atoms with Crippen molar-refractivity contribution in [2.45, 2.75) is 6.92 Å². The molecule has 9 nitrogen and oxygen atoms in total. The van der Waals surface area contributed by atoms with Crippen LogP contribution in [-0.2, 0) is 14.4 Å². The number of rotatable bonds is 7. The van der Waals surface area contributed by atoms with E-state index in [0.717, 1.165) is 0 Å². The zero-order valence-corrected chi connectivity index (χ0v) is 19.2. The minimum Gasteiger partial charge on any atom is -0.496 e. The highest BCUT2D eigenvalue weighted by Crippen LogP contribution is 2.30. The summed E-state index contributed by atoms with van der Waals surface area (Å²) in [5.41, 5.74) is 1.96. The second-order valence-electron chi connectivity index (χ2n) is 6.57. The minimum atomic E-state index is -2.79. The molecule has 1 heterocycles. The first-order valence-electron chi connectivity index (χ1n) is 9.48. The van der Waals surface area contributed by atoms with Gasteiger partial charge in [-0.05, 0) is 42.8 Å². The van der Waals surface area contributed by atoms with Crippen LogP contribution in [-0.4, -0.2) is 50.6 Å². The van der Waals surface area contributed by atoms with E-state index in [1.807, 2.05) is 0 Å². The Kier molecular flexibility index (Phi) is 7.49. The molecule has 0 saturated carbocycles. The van der Waals surface area contributed by atoms with Crippen molar-refractivity contribution < 1.29 is 18.5 Å². The summed E-state index contributed by atoms with van der Waals surface area (Å²) in [7, 11) is -1.25. The summed E-state index contributed by atoms with van der Waals surface area (Å²) in [6, 6.07) is 12.3.